The molecule has 0 spiro atoms. The monoisotopic (exact) mass is 356 g/mol. The Morgan fingerprint density at radius 1 is 0.731 bits per heavy atom. The van der Waals surface area contributed by atoms with Gasteiger partial charge in [0.2, 0.25) is 0 Å². The molecular weight excluding hydrogens is 340 g/mol. The molecule has 0 aliphatic heterocycles. The highest BCUT2D eigenvalue weighted by Crippen LogP contribution is 2.22. The summed E-state index contributed by atoms with van der Waals surface area (Å²) in [5, 5.41) is 22.8. The van der Waals surface area contributed by atoms with Crippen LogP contribution in [-0.2, 0) is 0 Å². The molecule has 0 fully saturated rings. The first-order valence-electron chi connectivity index (χ1n) is 7.45. The van der Waals surface area contributed by atoms with Gasteiger partial charge in [0.15, 0.2) is 0 Å². The number of ether oxygens (including phenoxy) is 2. The maximum Gasteiger partial charge on any atom is 0.346 e. The van der Waals surface area contributed by atoms with Crippen molar-refractivity contribution in [1.29, 1.82) is 0 Å². The van der Waals surface area contributed by atoms with Crippen molar-refractivity contribution in [2.75, 3.05) is 14.2 Å². The van der Waals surface area contributed by atoms with Crippen molar-refractivity contribution in [1.82, 2.24) is 0 Å². The van der Waals surface area contributed by atoms with Gasteiger partial charge in [-0.25, -0.2) is 0 Å². The topological polar surface area (TPSA) is 105 Å². The number of nitro groups is 2. The van der Waals surface area contributed by atoms with Crippen molar-refractivity contribution in [2.24, 2.45) is 0 Å². The highest BCUT2D eigenvalue weighted by Gasteiger charge is 2.28. The van der Waals surface area contributed by atoms with E-state index in [0.29, 0.717) is 22.6 Å². The van der Waals surface area contributed by atoms with Crippen LogP contribution in [0.1, 0.15) is 11.1 Å². The molecule has 2 aromatic rings. The fourth-order valence-electron chi connectivity index (χ4n) is 2.16. The summed E-state index contributed by atoms with van der Waals surface area (Å²) in [5.74, 6) is 1.15. The SMILES string of the molecule is COc1ccc(/C=C(/C(=C/c2ccc(OC)cc2)[N+](=O)[O-])[N+](=O)[O-])cc1. The molecule has 2 rings (SSSR count). The number of rotatable bonds is 7. The minimum absolute atomic E-state index is 0.444. The summed E-state index contributed by atoms with van der Waals surface area (Å²) in [6.07, 6.45) is 2.30. The summed E-state index contributed by atoms with van der Waals surface area (Å²) < 4.78 is 10.0. The highest BCUT2D eigenvalue weighted by atomic mass is 16.6. The predicted molar refractivity (Wildman–Crippen MR) is 95.9 cm³/mol. The quantitative estimate of drug-likeness (QED) is 0.426. The molecule has 2 aromatic carbocycles. The third-order valence-corrected chi connectivity index (χ3v) is 3.49. The van der Waals surface area contributed by atoms with Gasteiger partial charge in [-0.05, 0) is 35.4 Å². The largest absolute Gasteiger partial charge is 0.497 e. The van der Waals surface area contributed by atoms with E-state index in [4.69, 9.17) is 9.47 Å². The Morgan fingerprint density at radius 3 is 1.27 bits per heavy atom. The first kappa shape index (κ1) is 18.7. The molecule has 0 amide bonds. The lowest BCUT2D eigenvalue weighted by molar-refractivity contribution is -0.477. The number of hydrogen-bond acceptors (Lipinski definition) is 6. The normalized spacial score (nSPS) is 11.8. The second kappa shape index (κ2) is 8.43. The number of nitrogens with zero attached hydrogens (tertiary/aromatic N) is 2. The van der Waals surface area contributed by atoms with E-state index in [9.17, 15) is 20.2 Å². The van der Waals surface area contributed by atoms with Gasteiger partial charge in [-0.2, -0.15) is 0 Å². The number of benzene rings is 2. The minimum atomic E-state index is -0.775. The molecule has 0 aromatic heterocycles. The molecule has 26 heavy (non-hydrogen) atoms. The van der Waals surface area contributed by atoms with Gasteiger partial charge in [0.1, 0.15) is 11.5 Å². The van der Waals surface area contributed by atoms with E-state index >= 15 is 0 Å². The van der Waals surface area contributed by atoms with Crippen LogP contribution in [0.5, 0.6) is 11.5 Å². The maximum absolute atomic E-state index is 11.4. The maximum atomic E-state index is 11.4. The molecule has 0 radical (unpaired) electrons. The lowest BCUT2D eigenvalue weighted by Crippen LogP contribution is -2.09. The standard InChI is InChI=1S/C18H16N2O6/c1-25-15-7-3-13(4-8-15)11-17(19(21)22)18(20(23)24)12-14-5-9-16(26-2)10-6-14/h3-12H,1-2H3/b17-11-,18-12-. The molecule has 0 aliphatic carbocycles. The van der Waals surface area contributed by atoms with Crippen molar-refractivity contribution in [3.05, 3.63) is 91.3 Å². The van der Waals surface area contributed by atoms with Gasteiger partial charge in [0, 0.05) is 12.2 Å². The zero-order valence-corrected chi connectivity index (χ0v) is 14.1. The average Bonchev–Trinajstić information content (AvgIpc) is 2.65. The average molecular weight is 356 g/mol. The van der Waals surface area contributed by atoms with Crippen LogP contribution in [0.4, 0.5) is 0 Å². The zero-order chi connectivity index (χ0) is 19.1. The summed E-state index contributed by atoms with van der Waals surface area (Å²) in [4.78, 5) is 21.3. The van der Waals surface area contributed by atoms with Crippen LogP contribution >= 0.6 is 0 Å². The Kier molecular flexibility index (Phi) is 6.05. The van der Waals surface area contributed by atoms with Crippen molar-refractivity contribution in [3.63, 3.8) is 0 Å². The third-order valence-electron chi connectivity index (χ3n) is 3.49. The Balaban J connectivity index is 2.47. The Hall–Kier alpha value is -3.68. The van der Waals surface area contributed by atoms with Gasteiger partial charge in [0.05, 0.1) is 24.1 Å². The zero-order valence-electron chi connectivity index (χ0n) is 14.1. The second-order valence-corrected chi connectivity index (χ2v) is 5.12. The van der Waals surface area contributed by atoms with Crippen LogP contribution in [0.25, 0.3) is 12.2 Å². The fraction of sp³-hybridized carbons (Fsp3) is 0.111. The van der Waals surface area contributed by atoms with E-state index in [2.05, 4.69) is 0 Å². The van der Waals surface area contributed by atoms with Gasteiger partial charge in [-0.1, -0.05) is 24.3 Å². The second-order valence-electron chi connectivity index (χ2n) is 5.12. The molecule has 0 unspecified atom stereocenters. The molecule has 0 atom stereocenters. The van der Waals surface area contributed by atoms with Crippen LogP contribution in [0.15, 0.2) is 59.9 Å². The van der Waals surface area contributed by atoms with Gasteiger partial charge >= 0.3 is 11.4 Å². The lowest BCUT2D eigenvalue weighted by Gasteiger charge is -2.01. The van der Waals surface area contributed by atoms with Crippen LogP contribution in [0, 0.1) is 20.2 Å². The fourth-order valence-corrected chi connectivity index (χ4v) is 2.16. The summed E-state index contributed by atoms with van der Waals surface area (Å²) in [7, 11) is 2.99. The summed E-state index contributed by atoms with van der Waals surface area (Å²) >= 11 is 0. The predicted octanol–water partition coefficient (Wildman–Crippen LogP) is 3.64. The van der Waals surface area contributed by atoms with E-state index in [0.717, 1.165) is 12.2 Å². The molecule has 8 nitrogen and oxygen atoms in total. The number of methoxy groups -OCH3 is 2. The lowest BCUT2D eigenvalue weighted by atomic mass is 10.1. The molecule has 0 heterocycles. The summed E-state index contributed by atoms with van der Waals surface area (Å²) in [6.45, 7) is 0. The molecular formula is C18H16N2O6. The van der Waals surface area contributed by atoms with Gasteiger partial charge in [-0.15, -0.1) is 0 Å². The van der Waals surface area contributed by atoms with Gasteiger partial charge in [0.25, 0.3) is 0 Å². The van der Waals surface area contributed by atoms with Crippen LogP contribution in [0.3, 0.4) is 0 Å². The molecule has 0 bridgehead atoms. The summed E-state index contributed by atoms with van der Waals surface area (Å²) in [5.41, 5.74) is -0.341. The molecule has 8 heteroatoms. The molecule has 134 valence electrons. The van der Waals surface area contributed by atoms with Gasteiger partial charge < -0.3 is 9.47 Å². The van der Waals surface area contributed by atoms with Crippen LogP contribution in [-0.4, -0.2) is 24.1 Å². The van der Waals surface area contributed by atoms with E-state index in [1.54, 1.807) is 48.5 Å². The highest BCUT2D eigenvalue weighted by molar-refractivity contribution is 5.62. The van der Waals surface area contributed by atoms with Crippen molar-refractivity contribution >= 4 is 12.2 Å². The van der Waals surface area contributed by atoms with E-state index in [-0.39, 0.29) is 0 Å². The van der Waals surface area contributed by atoms with Gasteiger partial charge in [-0.3, -0.25) is 20.2 Å². The van der Waals surface area contributed by atoms with Crippen molar-refractivity contribution in [3.8, 4) is 11.5 Å². The Bertz CT molecular complexity index is 781. The van der Waals surface area contributed by atoms with E-state index in [1.807, 2.05) is 0 Å². The minimum Gasteiger partial charge on any atom is -0.497 e. The molecule has 0 saturated carbocycles. The first-order valence-corrected chi connectivity index (χ1v) is 7.45. The van der Waals surface area contributed by atoms with Crippen LogP contribution in [0.2, 0.25) is 0 Å². The number of hydrogen-bond donors (Lipinski definition) is 0. The van der Waals surface area contributed by atoms with E-state index in [1.165, 1.54) is 14.2 Å². The Morgan fingerprint density at radius 2 is 1.04 bits per heavy atom. The Labute approximate surface area is 149 Å². The molecule has 0 N–H and O–H groups in total. The first-order chi connectivity index (χ1) is 12.4. The molecule has 0 saturated heterocycles. The third kappa shape index (κ3) is 4.67. The molecule has 0 aliphatic rings. The van der Waals surface area contributed by atoms with Crippen molar-refractivity contribution in [2.45, 2.75) is 0 Å². The van der Waals surface area contributed by atoms with Crippen LogP contribution < -0.4 is 9.47 Å². The van der Waals surface area contributed by atoms with Crippen molar-refractivity contribution < 1.29 is 19.3 Å². The van der Waals surface area contributed by atoms with E-state index < -0.39 is 21.2 Å². The summed E-state index contributed by atoms with van der Waals surface area (Å²) in [6, 6.07) is 12.8. The smallest absolute Gasteiger partial charge is 0.346 e.